The van der Waals surface area contributed by atoms with Gasteiger partial charge in [-0.15, -0.1) is 5.10 Å². The summed E-state index contributed by atoms with van der Waals surface area (Å²) >= 11 is 0. The predicted molar refractivity (Wildman–Crippen MR) is 126 cm³/mol. The van der Waals surface area contributed by atoms with Gasteiger partial charge in [0.15, 0.2) is 0 Å². The maximum absolute atomic E-state index is 12.8. The number of benzene rings is 3. The van der Waals surface area contributed by atoms with Crippen molar-refractivity contribution in [2.75, 3.05) is 26.3 Å². The van der Waals surface area contributed by atoms with Crippen molar-refractivity contribution < 1.29 is 13.2 Å². The maximum atomic E-state index is 12.8. The molecule has 0 atom stereocenters. The number of morpholine rings is 1. The van der Waals surface area contributed by atoms with Gasteiger partial charge < -0.3 is 4.74 Å². The second kappa shape index (κ2) is 8.43. The minimum Gasteiger partial charge on any atom is -0.379 e. The van der Waals surface area contributed by atoms with Crippen molar-refractivity contribution in [2.24, 2.45) is 10.2 Å². The summed E-state index contributed by atoms with van der Waals surface area (Å²) in [6.45, 7) is 3.49. The van der Waals surface area contributed by atoms with E-state index in [9.17, 15) is 8.42 Å². The molecule has 3 aromatic carbocycles. The Hall–Kier alpha value is -3.13. The van der Waals surface area contributed by atoms with Gasteiger partial charge in [0, 0.05) is 24.2 Å². The first-order valence-electron chi connectivity index (χ1n) is 10.6. The third-order valence-electron chi connectivity index (χ3n) is 5.83. The first-order valence-corrected chi connectivity index (χ1v) is 12.0. The lowest BCUT2D eigenvalue weighted by atomic mass is 10.1. The van der Waals surface area contributed by atoms with Gasteiger partial charge in [-0.05, 0) is 35.7 Å². The zero-order valence-electron chi connectivity index (χ0n) is 17.7. The van der Waals surface area contributed by atoms with Crippen LogP contribution in [-0.4, -0.2) is 50.4 Å². The zero-order chi connectivity index (χ0) is 22.1. The van der Waals surface area contributed by atoms with Gasteiger partial charge in [-0.2, -0.15) is 9.41 Å². The fourth-order valence-electron chi connectivity index (χ4n) is 4.09. The molecule has 1 saturated heterocycles. The van der Waals surface area contributed by atoms with Crippen molar-refractivity contribution in [2.45, 2.75) is 11.8 Å². The smallest absolute Gasteiger partial charge is 0.243 e. The number of fused-ring (bicyclic) bond motifs is 3. The molecular weight excluding hydrogens is 422 g/mol. The van der Waals surface area contributed by atoms with Crippen molar-refractivity contribution in [3.8, 4) is 11.1 Å². The molecule has 0 amide bonds. The average molecular weight is 446 g/mol. The summed E-state index contributed by atoms with van der Waals surface area (Å²) in [6, 6.07) is 23.2. The standard InChI is InChI=1S/C25H23N3O3S/c1-18(19-10-12-20(13-11-19)32(29,30)28-14-16-31-17-15-28)26-27-25-23-8-4-2-6-21(23)22-7-3-5-9-24(22)25/h2-13H,14-17H2,1H3. The van der Waals surface area contributed by atoms with E-state index in [-0.39, 0.29) is 4.90 Å². The Balaban J connectivity index is 1.43. The van der Waals surface area contributed by atoms with E-state index in [0.717, 1.165) is 39.2 Å². The number of hydrogen-bond acceptors (Lipinski definition) is 5. The Morgan fingerprint density at radius 2 is 1.34 bits per heavy atom. The van der Waals surface area contributed by atoms with Crippen LogP contribution in [0.4, 0.5) is 0 Å². The molecule has 3 aromatic rings. The number of sulfonamides is 1. The summed E-state index contributed by atoms with van der Waals surface area (Å²) in [5, 5.41) is 9.08. The van der Waals surface area contributed by atoms with Crippen molar-refractivity contribution in [3.63, 3.8) is 0 Å². The van der Waals surface area contributed by atoms with E-state index in [1.54, 1.807) is 24.3 Å². The second-order valence-corrected chi connectivity index (χ2v) is 9.70. The first-order chi connectivity index (χ1) is 15.6. The van der Waals surface area contributed by atoms with Gasteiger partial charge in [0.05, 0.1) is 23.8 Å². The molecule has 0 unspecified atom stereocenters. The molecule has 0 bridgehead atoms. The summed E-state index contributed by atoms with van der Waals surface area (Å²) in [6.07, 6.45) is 0. The summed E-state index contributed by atoms with van der Waals surface area (Å²) in [5.41, 5.74) is 6.85. The first kappa shape index (κ1) is 20.8. The molecule has 2 aliphatic rings. The predicted octanol–water partition coefficient (Wildman–Crippen LogP) is 3.95. The molecule has 1 aliphatic heterocycles. The molecule has 32 heavy (non-hydrogen) atoms. The molecule has 5 rings (SSSR count). The third kappa shape index (κ3) is 3.68. The van der Waals surface area contributed by atoms with Gasteiger partial charge in [0.1, 0.15) is 5.71 Å². The monoisotopic (exact) mass is 445 g/mol. The van der Waals surface area contributed by atoms with Crippen LogP contribution in [-0.2, 0) is 14.8 Å². The lowest BCUT2D eigenvalue weighted by Crippen LogP contribution is -2.40. The Bertz CT molecular complexity index is 1280. The van der Waals surface area contributed by atoms with Gasteiger partial charge in [-0.1, -0.05) is 60.7 Å². The van der Waals surface area contributed by atoms with Crippen molar-refractivity contribution in [1.82, 2.24) is 4.31 Å². The van der Waals surface area contributed by atoms with Gasteiger partial charge in [0.25, 0.3) is 0 Å². The SMILES string of the molecule is CC(=NN=C1c2ccccc2-c2ccccc21)c1ccc(S(=O)(=O)N2CCOCC2)cc1. The van der Waals surface area contributed by atoms with Crippen LogP contribution in [0.25, 0.3) is 11.1 Å². The lowest BCUT2D eigenvalue weighted by Gasteiger charge is -2.26. The summed E-state index contributed by atoms with van der Waals surface area (Å²) in [7, 11) is -3.51. The van der Waals surface area contributed by atoms with E-state index in [1.165, 1.54) is 4.31 Å². The topological polar surface area (TPSA) is 71.3 Å². The van der Waals surface area contributed by atoms with E-state index in [0.29, 0.717) is 26.3 Å². The van der Waals surface area contributed by atoms with Crippen LogP contribution in [0.3, 0.4) is 0 Å². The minimum atomic E-state index is -3.51. The molecule has 6 nitrogen and oxygen atoms in total. The fourth-order valence-corrected chi connectivity index (χ4v) is 5.50. The van der Waals surface area contributed by atoms with Gasteiger partial charge in [-0.3, -0.25) is 0 Å². The quantitative estimate of drug-likeness (QED) is 0.353. The molecule has 1 aliphatic carbocycles. The molecule has 1 fully saturated rings. The van der Waals surface area contributed by atoms with E-state index >= 15 is 0 Å². The highest BCUT2D eigenvalue weighted by molar-refractivity contribution is 7.89. The number of hydrogen-bond donors (Lipinski definition) is 0. The van der Waals surface area contributed by atoms with Crippen molar-refractivity contribution >= 4 is 21.4 Å². The molecule has 0 N–H and O–H groups in total. The number of ether oxygens (including phenoxy) is 1. The van der Waals surface area contributed by atoms with Crippen LogP contribution in [0.5, 0.6) is 0 Å². The zero-order valence-corrected chi connectivity index (χ0v) is 18.5. The number of rotatable bonds is 4. The normalized spacial score (nSPS) is 16.5. The van der Waals surface area contributed by atoms with Crippen molar-refractivity contribution in [1.29, 1.82) is 0 Å². The van der Waals surface area contributed by atoms with E-state index in [1.807, 2.05) is 31.2 Å². The summed E-state index contributed by atoms with van der Waals surface area (Å²) in [4.78, 5) is 0.279. The molecule has 1 heterocycles. The second-order valence-electron chi connectivity index (χ2n) is 7.77. The summed E-state index contributed by atoms with van der Waals surface area (Å²) < 4.78 is 32.4. The van der Waals surface area contributed by atoms with Crippen molar-refractivity contribution in [3.05, 3.63) is 89.5 Å². The largest absolute Gasteiger partial charge is 0.379 e. The van der Waals surface area contributed by atoms with Crippen LogP contribution in [0.2, 0.25) is 0 Å². The maximum Gasteiger partial charge on any atom is 0.243 e. The minimum absolute atomic E-state index is 0.279. The van der Waals surface area contributed by atoms with E-state index in [2.05, 4.69) is 34.5 Å². The van der Waals surface area contributed by atoms with E-state index < -0.39 is 10.0 Å². The molecule has 0 spiro atoms. The van der Waals surface area contributed by atoms with Crippen LogP contribution in [0.1, 0.15) is 23.6 Å². The van der Waals surface area contributed by atoms with E-state index in [4.69, 9.17) is 4.74 Å². The average Bonchev–Trinajstić information content (AvgIpc) is 3.17. The van der Waals surface area contributed by atoms with Crippen LogP contribution in [0, 0.1) is 0 Å². The van der Waals surface area contributed by atoms with Crippen LogP contribution in [0.15, 0.2) is 87.9 Å². The molecule has 162 valence electrons. The van der Waals surface area contributed by atoms with Crippen LogP contribution < -0.4 is 0 Å². The molecule has 7 heteroatoms. The highest BCUT2D eigenvalue weighted by atomic mass is 32.2. The van der Waals surface area contributed by atoms with Crippen LogP contribution >= 0.6 is 0 Å². The molecule has 0 radical (unpaired) electrons. The molecule has 0 aromatic heterocycles. The summed E-state index contributed by atoms with van der Waals surface area (Å²) in [5.74, 6) is 0. The van der Waals surface area contributed by atoms with Gasteiger partial charge >= 0.3 is 0 Å². The Labute approximate surface area is 187 Å². The fraction of sp³-hybridized carbons (Fsp3) is 0.200. The van der Waals surface area contributed by atoms with Gasteiger partial charge in [-0.25, -0.2) is 8.42 Å². The van der Waals surface area contributed by atoms with Gasteiger partial charge in [0.2, 0.25) is 10.0 Å². The Morgan fingerprint density at radius 1 is 0.812 bits per heavy atom. The lowest BCUT2D eigenvalue weighted by molar-refractivity contribution is 0.0730. The Kier molecular flexibility index (Phi) is 5.46. The molecule has 0 saturated carbocycles. The third-order valence-corrected chi connectivity index (χ3v) is 7.75. The molecular formula is C25H23N3O3S. The highest BCUT2D eigenvalue weighted by Crippen LogP contribution is 2.36. The highest BCUT2D eigenvalue weighted by Gasteiger charge is 2.26. The Morgan fingerprint density at radius 3 is 1.91 bits per heavy atom. The number of nitrogens with zero attached hydrogens (tertiary/aromatic N) is 3.